The van der Waals surface area contributed by atoms with E-state index in [1.165, 1.54) is 0 Å². The number of hydrogen-bond donors (Lipinski definition) is 3. The second-order valence-corrected chi connectivity index (χ2v) is 7.03. The number of amides is 2. The van der Waals surface area contributed by atoms with Gasteiger partial charge >= 0.3 is 0 Å². The summed E-state index contributed by atoms with van der Waals surface area (Å²) in [6, 6.07) is 23.6. The van der Waals surface area contributed by atoms with E-state index in [1.807, 2.05) is 49.4 Å². The van der Waals surface area contributed by atoms with Crippen LogP contribution in [0.5, 0.6) is 0 Å². The highest BCUT2D eigenvalue weighted by Crippen LogP contribution is 2.16. The Bertz CT molecular complexity index is 975. The van der Waals surface area contributed by atoms with E-state index < -0.39 is 0 Å². The van der Waals surface area contributed by atoms with Crippen LogP contribution in [0.2, 0.25) is 5.02 Å². The van der Waals surface area contributed by atoms with Gasteiger partial charge in [0.15, 0.2) is 0 Å². The standard InChI is InChI=1S/C23H22ClN3O2/c1-16(17-6-3-2-4-7-17)26-23(29)18-10-12-20(13-11-18)27-22(28)15-25-21-9-5-8-19(24)14-21/h2-14,16,25H,15H2,1H3,(H,26,29)(H,27,28). The highest BCUT2D eigenvalue weighted by atomic mass is 35.5. The third-order valence-electron chi connectivity index (χ3n) is 4.36. The molecule has 3 rings (SSSR count). The van der Waals surface area contributed by atoms with E-state index in [-0.39, 0.29) is 24.4 Å². The Hall–Kier alpha value is -3.31. The number of anilines is 2. The van der Waals surface area contributed by atoms with Crippen LogP contribution in [-0.2, 0) is 4.79 Å². The van der Waals surface area contributed by atoms with Gasteiger partial charge in [0.25, 0.3) is 5.91 Å². The predicted molar refractivity (Wildman–Crippen MR) is 117 cm³/mol. The third-order valence-corrected chi connectivity index (χ3v) is 4.59. The van der Waals surface area contributed by atoms with Crippen molar-refractivity contribution < 1.29 is 9.59 Å². The molecule has 0 saturated heterocycles. The van der Waals surface area contributed by atoms with Crippen molar-refractivity contribution in [1.29, 1.82) is 0 Å². The molecule has 0 saturated carbocycles. The SMILES string of the molecule is CC(NC(=O)c1ccc(NC(=O)CNc2cccc(Cl)c2)cc1)c1ccccc1. The van der Waals surface area contributed by atoms with Gasteiger partial charge in [-0.2, -0.15) is 0 Å². The van der Waals surface area contributed by atoms with Crippen molar-refractivity contribution in [1.82, 2.24) is 5.32 Å². The van der Waals surface area contributed by atoms with Gasteiger partial charge in [0, 0.05) is 22.0 Å². The number of halogens is 1. The molecule has 1 atom stereocenters. The molecule has 0 fully saturated rings. The molecule has 0 radical (unpaired) electrons. The van der Waals surface area contributed by atoms with E-state index in [2.05, 4.69) is 16.0 Å². The summed E-state index contributed by atoms with van der Waals surface area (Å²) in [5.41, 5.74) is 2.96. The van der Waals surface area contributed by atoms with E-state index in [1.54, 1.807) is 36.4 Å². The lowest BCUT2D eigenvalue weighted by Gasteiger charge is -2.14. The van der Waals surface area contributed by atoms with Gasteiger partial charge < -0.3 is 16.0 Å². The minimum atomic E-state index is -0.195. The van der Waals surface area contributed by atoms with Crippen LogP contribution in [0.4, 0.5) is 11.4 Å². The minimum absolute atomic E-state index is 0.0966. The summed E-state index contributed by atoms with van der Waals surface area (Å²) in [4.78, 5) is 24.5. The van der Waals surface area contributed by atoms with Crippen LogP contribution >= 0.6 is 11.6 Å². The fourth-order valence-corrected chi connectivity index (χ4v) is 2.99. The molecule has 0 heterocycles. The lowest BCUT2D eigenvalue weighted by molar-refractivity contribution is -0.114. The number of benzene rings is 3. The van der Waals surface area contributed by atoms with Crippen molar-refractivity contribution in [3.8, 4) is 0 Å². The van der Waals surface area contributed by atoms with Crippen molar-refractivity contribution in [2.24, 2.45) is 0 Å². The Morgan fingerprint density at radius 1 is 0.897 bits per heavy atom. The van der Waals surface area contributed by atoms with Crippen molar-refractivity contribution >= 4 is 34.8 Å². The second-order valence-electron chi connectivity index (χ2n) is 6.60. The average molecular weight is 408 g/mol. The molecule has 2 amide bonds. The average Bonchev–Trinajstić information content (AvgIpc) is 2.73. The van der Waals surface area contributed by atoms with Crippen molar-refractivity contribution in [3.63, 3.8) is 0 Å². The molecule has 0 spiro atoms. The molecular weight excluding hydrogens is 386 g/mol. The number of carbonyl (C=O) groups excluding carboxylic acids is 2. The molecule has 3 aromatic rings. The lowest BCUT2D eigenvalue weighted by atomic mass is 10.1. The number of rotatable bonds is 7. The van der Waals surface area contributed by atoms with Crippen LogP contribution in [0, 0.1) is 0 Å². The summed E-state index contributed by atoms with van der Waals surface area (Å²) in [5, 5.41) is 9.38. The highest BCUT2D eigenvalue weighted by Gasteiger charge is 2.11. The first-order valence-corrected chi connectivity index (χ1v) is 9.64. The van der Waals surface area contributed by atoms with E-state index in [9.17, 15) is 9.59 Å². The zero-order chi connectivity index (χ0) is 20.6. The molecule has 148 valence electrons. The third kappa shape index (κ3) is 6.09. The van der Waals surface area contributed by atoms with Crippen LogP contribution < -0.4 is 16.0 Å². The fraction of sp³-hybridized carbons (Fsp3) is 0.130. The number of hydrogen-bond acceptors (Lipinski definition) is 3. The van der Waals surface area contributed by atoms with E-state index in [0.29, 0.717) is 16.3 Å². The van der Waals surface area contributed by atoms with Gasteiger partial charge in [-0.3, -0.25) is 9.59 Å². The molecule has 3 N–H and O–H groups in total. The maximum absolute atomic E-state index is 12.4. The predicted octanol–water partition coefficient (Wildman–Crippen LogP) is 4.88. The maximum Gasteiger partial charge on any atom is 0.251 e. The summed E-state index contributed by atoms with van der Waals surface area (Å²) < 4.78 is 0. The van der Waals surface area contributed by atoms with Crippen LogP contribution in [0.25, 0.3) is 0 Å². The van der Waals surface area contributed by atoms with Crippen molar-refractivity contribution in [2.75, 3.05) is 17.2 Å². The number of carbonyl (C=O) groups is 2. The molecule has 6 heteroatoms. The normalized spacial score (nSPS) is 11.4. The highest BCUT2D eigenvalue weighted by molar-refractivity contribution is 6.30. The summed E-state index contributed by atoms with van der Waals surface area (Å²) >= 11 is 5.92. The number of nitrogens with one attached hydrogen (secondary N) is 3. The van der Waals surface area contributed by atoms with Crippen LogP contribution in [0.3, 0.4) is 0 Å². The van der Waals surface area contributed by atoms with Crippen molar-refractivity contribution in [3.05, 3.63) is 95.0 Å². The molecule has 3 aromatic carbocycles. The van der Waals surface area contributed by atoms with Gasteiger partial charge in [0.1, 0.15) is 0 Å². The molecule has 1 unspecified atom stereocenters. The molecule has 0 aliphatic rings. The monoisotopic (exact) mass is 407 g/mol. The lowest BCUT2D eigenvalue weighted by Crippen LogP contribution is -2.26. The Balaban J connectivity index is 1.51. The zero-order valence-electron chi connectivity index (χ0n) is 16.0. The molecule has 0 bridgehead atoms. The minimum Gasteiger partial charge on any atom is -0.376 e. The van der Waals surface area contributed by atoms with Gasteiger partial charge in [0.05, 0.1) is 12.6 Å². The van der Waals surface area contributed by atoms with Crippen LogP contribution in [-0.4, -0.2) is 18.4 Å². The Morgan fingerprint density at radius 2 is 1.62 bits per heavy atom. The molecule has 0 aromatic heterocycles. The van der Waals surface area contributed by atoms with Gasteiger partial charge in [-0.15, -0.1) is 0 Å². The first kappa shape index (κ1) is 20.4. The molecular formula is C23H22ClN3O2. The maximum atomic E-state index is 12.4. The summed E-state index contributed by atoms with van der Waals surface area (Å²) in [6.45, 7) is 2.05. The zero-order valence-corrected chi connectivity index (χ0v) is 16.7. The Morgan fingerprint density at radius 3 is 2.31 bits per heavy atom. The van der Waals surface area contributed by atoms with Gasteiger partial charge in [-0.25, -0.2) is 0 Å². The molecule has 5 nitrogen and oxygen atoms in total. The summed E-state index contributed by atoms with van der Waals surface area (Å²) in [7, 11) is 0. The first-order valence-electron chi connectivity index (χ1n) is 9.26. The van der Waals surface area contributed by atoms with Gasteiger partial charge in [0.2, 0.25) is 5.91 Å². The van der Waals surface area contributed by atoms with Gasteiger partial charge in [-0.05, 0) is 55.0 Å². The topological polar surface area (TPSA) is 70.2 Å². The summed E-state index contributed by atoms with van der Waals surface area (Å²) in [6.07, 6.45) is 0. The molecule has 0 aliphatic carbocycles. The quantitative estimate of drug-likeness (QED) is 0.522. The molecule has 0 aliphatic heterocycles. The van der Waals surface area contributed by atoms with Crippen molar-refractivity contribution in [2.45, 2.75) is 13.0 Å². The van der Waals surface area contributed by atoms with E-state index in [0.717, 1.165) is 11.3 Å². The van der Waals surface area contributed by atoms with Gasteiger partial charge in [-0.1, -0.05) is 48.0 Å². The van der Waals surface area contributed by atoms with E-state index in [4.69, 9.17) is 11.6 Å². The molecule has 29 heavy (non-hydrogen) atoms. The summed E-state index contributed by atoms with van der Waals surface area (Å²) in [5.74, 6) is -0.360. The largest absolute Gasteiger partial charge is 0.376 e. The van der Waals surface area contributed by atoms with Crippen LogP contribution in [0.15, 0.2) is 78.9 Å². The van der Waals surface area contributed by atoms with E-state index >= 15 is 0 Å². The van der Waals surface area contributed by atoms with Crippen LogP contribution in [0.1, 0.15) is 28.9 Å². The smallest absolute Gasteiger partial charge is 0.251 e. The Kier molecular flexibility index (Phi) is 6.87. The second kappa shape index (κ2) is 9.75. The fourth-order valence-electron chi connectivity index (χ4n) is 2.80. The Labute approximate surface area is 175 Å². The first-order chi connectivity index (χ1) is 14.0.